The minimum atomic E-state index is -0.792. The zero-order valence-corrected chi connectivity index (χ0v) is 16.9. The number of rotatable bonds is 5. The molecular formula is C24H27NO3. The van der Waals surface area contributed by atoms with E-state index in [2.05, 4.69) is 0 Å². The second kappa shape index (κ2) is 8.42. The van der Waals surface area contributed by atoms with Crippen LogP contribution in [0.4, 0.5) is 5.69 Å². The van der Waals surface area contributed by atoms with Crippen LogP contribution in [0.1, 0.15) is 36.0 Å². The van der Waals surface area contributed by atoms with E-state index < -0.39 is 11.9 Å². The Hall–Kier alpha value is -2.88. The topological polar surface area (TPSA) is 46.6 Å². The third kappa shape index (κ3) is 4.16. The molecule has 4 nitrogen and oxygen atoms in total. The molecular weight excluding hydrogens is 350 g/mol. The van der Waals surface area contributed by atoms with Crippen LogP contribution in [0.3, 0.4) is 0 Å². The van der Waals surface area contributed by atoms with Crippen LogP contribution in [0, 0.1) is 12.8 Å². The van der Waals surface area contributed by atoms with Gasteiger partial charge in [-0.15, -0.1) is 0 Å². The van der Waals surface area contributed by atoms with Crippen molar-refractivity contribution < 1.29 is 14.3 Å². The lowest BCUT2D eigenvalue weighted by Crippen LogP contribution is -2.34. The first-order valence-electron chi connectivity index (χ1n) is 9.66. The predicted molar refractivity (Wildman–Crippen MR) is 112 cm³/mol. The van der Waals surface area contributed by atoms with E-state index in [0.29, 0.717) is 6.42 Å². The monoisotopic (exact) mass is 377 g/mol. The van der Waals surface area contributed by atoms with E-state index in [0.717, 1.165) is 22.4 Å². The summed E-state index contributed by atoms with van der Waals surface area (Å²) in [7, 11) is 3.97. The first kappa shape index (κ1) is 19.9. The highest BCUT2D eigenvalue weighted by Gasteiger charge is 2.39. The molecule has 0 bridgehead atoms. The number of ether oxygens (including phenoxy) is 1. The molecule has 0 unspecified atom stereocenters. The maximum absolute atomic E-state index is 12.9. The van der Waals surface area contributed by atoms with Crippen LogP contribution in [-0.4, -0.2) is 32.5 Å². The number of anilines is 1. The summed E-state index contributed by atoms with van der Waals surface area (Å²) in [4.78, 5) is 27.5. The van der Waals surface area contributed by atoms with Gasteiger partial charge in [0.15, 0.2) is 5.78 Å². The molecule has 2 aromatic carbocycles. The maximum atomic E-state index is 12.9. The Morgan fingerprint density at radius 1 is 1.07 bits per heavy atom. The average molecular weight is 377 g/mol. The molecule has 2 atom stereocenters. The largest absolute Gasteiger partial charge is 0.465 e. The van der Waals surface area contributed by atoms with Crippen LogP contribution in [0.2, 0.25) is 0 Å². The first-order valence-corrected chi connectivity index (χ1v) is 9.66. The minimum absolute atomic E-state index is 0.179. The summed E-state index contributed by atoms with van der Waals surface area (Å²) in [6.07, 6.45) is 2.25. The number of hydrogen-bond acceptors (Lipinski definition) is 4. The van der Waals surface area contributed by atoms with Crippen molar-refractivity contribution in [3.05, 3.63) is 71.3 Å². The van der Waals surface area contributed by atoms with Gasteiger partial charge in [-0.3, -0.25) is 9.59 Å². The fraction of sp³-hybridized carbons (Fsp3) is 0.333. The van der Waals surface area contributed by atoms with Crippen molar-refractivity contribution in [2.75, 3.05) is 25.6 Å². The summed E-state index contributed by atoms with van der Waals surface area (Å²) in [6, 6.07) is 16.2. The van der Waals surface area contributed by atoms with Crippen molar-refractivity contribution in [1.29, 1.82) is 0 Å². The van der Waals surface area contributed by atoms with Crippen molar-refractivity contribution >= 4 is 23.0 Å². The molecule has 0 fully saturated rings. The highest BCUT2D eigenvalue weighted by molar-refractivity contribution is 6.10. The highest BCUT2D eigenvalue weighted by atomic mass is 16.5. The number of nitrogens with zero attached hydrogens (tertiary/aromatic N) is 1. The van der Waals surface area contributed by atoms with Gasteiger partial charge in [0, 0.05) is 25.7 Å². The summed E-state index contributed by atoms with van der Waals surface area (Å²) < 4.78 is 5.22. The lowest BCUT2D eigenvalue weighted by atomic mass is 9.73. The van der Waals surface area contributed by atoms with Crippen LogP contribution >= 0.6 is 0 Å². The van der Waals surface area contributed by atoms with Crippen LogP contribution in [0.15, 0.2) is 54.6 Å². The van der Waals surface area contributed by atoms with Crippen LogP contribution in [0.25, 0.3) is 5.57 Å². The SMILES string of the molecule is CCOC(=O)[C@H]1C(=O)C=C(c2ccc(C)cc2)C[C@@H]1c1ccc(N(C)C)cc1. The Morgan fingerprint density at radius 2 is 1.71 bits per heavy atom. The molecule has 0 aromatic heterocycles. The summed E-state index contributed by atoms with van der Waals surface area (Å²) in [5, 5.41) is 0. The highest BCUT2D eigenvalue weighted by Crippen LogP contribution is 2.40. The molecule has 146 valence electrons. The van der Waals surface area contributed by atoms with Crippen LogP contribution < -0.4 is 4.90 Å². The number of allylic oxidation sites excluding steroid dienone is 2. The minimum Gasteiger partial charge on any atom is -0.465 e. The van der Waals surface area contributed by atoms with E-state index >= 15 is 0 Å². The molecule has 0 radical (unpaired) electrons. The van der Waals surface area contributed by atoms with E-state index in [9.17, 15) is 9.59 Å². The van der Waals surface area contributed by atoms with Crippen molar-refractivity contribution in [3.8, 4) is 0 Å². The molecule has 28 heavy (non-hydrogen) atoms. The second-order valence-electron chi connectivity index (χ2n) is 7.46. The molecule has 4 heteroatoms. The number of aryl methyl sites for hydroxylation is 1. The number of carbonyl (C=O) groups is 2. The van der Waals surface area contributed by atoms with E-state index in [4.69, 9.17) is 4.74 Å². The van der Waals surface area contributed by atoms with Gasteiger partial charge in [0.05, 0.1) is 6.61 Å². The molecule has 0 N–H and O–H groups in total. The standard InChI is InChI=1S/C24H27NO3/c1-5-28-24(27)23-21(18-10-12-20(13-11-18)25(3)4)14-19(15-22(23)26)17-8-6-16(2)7-9-17/h6-13,15,21,23H,5,14H2,1-4H3/t21-,23-/m1/s1. The number of ketones is 1. The molecule has 0 saturated carbocycles. The molecule has 1 aliphatic carbocycles. The number of benzene rings is 2. The van der Waals surface area contributed by atoms with Gasteiger partial charge in [-0.25, -0.2) is 0 Å². The smallest absolute Gasteiger partial charge is 0.317 e. The third-order valence-electron chi connectivity index (χ3n) is 5.27. The van der Waals surface area contributed by atoms with Gasteiger partial charge in [-0.1, -0.05) is 42.0 Å². The van der Waals surface area contributed by atoms with E-state index in [1.54, 1.807) is 13.0 Å². The lowest BCUT2D eigenvalue weighted by Gasteiger charge is -2.30. The molecule has 0 aliphatic heterocycles. The Bertz CT molecular complexity index is 879. The molecule has 1 aliphatic rings. The zero-order valence-electron chi connectivity index (χ0n) is 16.9. The van der Waals surface area contributed by atoms with E-state index in [-0.39, 0.29) is 18.3 Å². The normalized spacial score (nSPS) is 19.1. The first-order chi connectivity index (χ1) is 13.4. The quantitative estimate of drug-likeness (QED) is 0.573. The third-order valence-corrected chi connectivity index (χ3v) is 5.27. The Morgan fingerprint density at radius 3 is 2.29 bits per heavy atom. The average Bonchev–Trinajstić information content (AvgIpc) is 2.68. The Labute approximate surface area is 166 Å². The number of carbonyl (C=O) groups excluding carboxylic acids is 2. The van der Waals surface area contributed by atoms with Gasteiger partial charge in [0.2, 0.25) is 0 Å². The Balaban J connectivity index is 1.99. The summed E-state index contributed by atoms with van der Waals surface area (Å²) in [5.74, 6) is -1.64. The van der Waals surface area contributed by atoms with E-state index in [1.807, 2.05) is 74.4 Å². The summed E-state index contributed by atoms with van der Waals surface area (Å²) in [5.41, 5.74) is 5.22. The van der Waals surface area contributed by atoms with Gasteiger partial charge in [-0.2, -0.15) is 0 Å². The van der Waals surface area contributed by atoms with Crippen molar-refractivity contribution in [2.24, 2.45) is 5.92 Å². The molecule has 0 spiro atoms. The van der Waals surface area contributed by atoms with Crippen molar-refractivity contribution in [1.82, 2.24) is 0 Å². The fourth-order valence-electron chi connectivity index (χ4n) is 3.68. The maximum Gasteiger partial charge on any atom is 0.317 e. The Kier molecular flexibility index (Phi) is 5.98. The van der Waals surface area contributed by atoms with Gasteiger partial charge in [-0.05, 0) is 55.2 Å². The van der Waals surface area contributed by atoms with Gasteiger partial charge >= 0.3 is 5.97 Å². The van der Waals surface area contributed by atoms with Crippen molar-refractivity contribution in [3.63, 3.8) is 0 Å². The van der Waals surface area contributed by atoms with Crippen LogP contribution in [-0.2, 0) is 14.3 Å². The fourth-order valence-corrected chi connectivity index (χ4v) is 3.68. The van der Waals surface area contributed by atoms with E-state index in [1.165, 1.54) is 5.56 Å². The summed E-state index contributed by atoms with van der Waals surface area (Å²) in [6.45, 7) is 4.07. The number of esters is 1. The zero-order chi connectivity index (χ0) is 20.3. The predicted octanol–water partition coefficient (Wildman–Crippen LogP) is 4.38. The molecule has 0 amide bonds. The molecule has 2 aromatic rings. The second-order valence-corrected chi connectivity index (χ2v) is 7.46. The van der Waals surface area contributed by atoms with Crippen molar-refractivity contribution in [2.45, 2.75) is 26.2 Å². The lowest BCUT2D eigenvalue weighted by molar-refractivity contribution is -0.151. The molecule has 3 rings (SSSR count). The van der Waals surface area contributed by atoms with Gasteiger partial charge in [0.1, 0.15) is 5.92 Å². The molecule has 0 saturated heterocycles. The van der Waals surface area contributed by atoms with Gasteiger partial charge < -0.3 is 9.64 Å². The summed E-state index contributed by atoms with van der Waals surface area (Å²) >= 11 is 0. The number of hydrogen-bond donors (Lipinski definition) is 0. The van der Waals surface area contributed by atoms with Gasteiger partial charge in [0.25, 0.3) is 0 Å². The molecule has 0 heterocycles. The van der Waals surface area contributed by atoms with Crippen LogP contribution in [0.5, 0.6) is 0 Å².